The van der Waals surface area contributed by atoms with Gasteiger partial charge in [0.1, 0.15) is 5.15 Å². The molecule has 0 N–H and O–H groups in total. The van der Waals surface area contributed by atoms with Crippen LogP contribution in [-0.4, -0.2) is 14.7 Å². The van der Waals surface area contributed by atoms with Crippen LogP contribution in [0.4, 0.5) is 0 Å². The van der Waals surface area contributed by atoms with Gasteiger partial charge < -0.3 is 0 Å². The second-order valence-electron chi connectivity index (χ2n) is 5.10. The van der Waals surface area contributed by atoms with Crippen LogP contribution in [0.5, 0.6) is 0 Å². The van der Waals surface area contributed by atoms with Gasteiger partial charge in [-0.25, -0.2) is 14.3 Å². The Morgan fingerprint density at radius 3 is 2.62 bits per heavy atom. The largest absolute Gasteiger partial charge is 0.446 e. The minimum Gasteiger partial charge on any atom is -0.295 e. The lowest BCUT2D eigenvalue weighted by Gasteiger charge is -2.07. The van der Waals surface area contributed by atoms with E-state index in [1.165, 1.54) is 4.57 Å². The maximum Gasteiger partial charge on any atom is 0.446 e. The Bertz CT molecular complexity index is 1100. The van der Waals surface area contributed by atoms with Crippen molar-refractivity contribution in [3.8, 4) is 17.1 Å². The standard InChI is InChI=1S/C17H9BrClN3O2/c18-11-5-7-12(8-6-11)22-16(21-24-17(22)23)13-9-10-3-1-2-4-14(10)20-15(13)19/h1-9H. The molecule has 2 aromatic carbocycles. The van der Waals surface area contributed by atoms with Crippen LogP contribution in [0, 0.1) is 0 Å². The highest BCUT2D eigenvalue weighted by Gasteiger charge is 2.18. The first-order valence-corrected chi connectivity index (χ1v) is 8.21. The van der Waals surface area contributed by atoms with Crippen LogP contribution >= 0.6 is 27.5 Å². The summed E-state index contributed by atoms with van der Waals surface area (Å²) in [5.41, 5.74) is 1.93. The van der Waals surface area contributed by atoms with Crippen LogP contribution in [0.3, 0.4) is 0 Å². The monoisotopic (exact) mass is 401 g/mol. The Morgan fingerprint density at radius 2 is 1.83 bits per heavy atom. The number of benzene rings is 2. The number of nitrogens with zero attached hydrogens (tertiary/aromatic N) is 3. The maximum atomic E-state index is 12.1. The van der Waals surface area contributed by atoms with Crippen LogP contribution < -0.4 is 5.76 Å². The number of fused-ring (bicyclic) bond motifs is 1. The smallest absolute Gasteiger partial charge is 0.295 e. The van der Waals surface area contributed by atoms with E-state index in [9.17, 15) is 4.79 Å². The molecular formula is C17H9BrClN3O2. The first-order chi connectivity index (χ1) is 11.6. The topological polar surface area (TPSA) is 60.9 Å². The third kappa shape index (κ3) is 2.53. The molecule has 0 aliphatic heterocycles. The van der Waals surface area contributed by atoms with Crippen molar-refractivity contribution in [2.45, 2.75) is 0 Å². The van der Waals surface area contributed by atoms with Crippen molar-refractivity contribution in [3.63, 3.8) is 0 Å². The highest BCUT2D eigenvalue weighted by atomic mass is 79.9. The fraction of sp³-hybridized carbons (Fsp3) is 0. The van der Waals surface area contributed by atoms with Gasteiger partial charge in [0.2, 0.25) is 0 Å². The number of rotatable bonds is 2. The molecule has 0 aliphatic carbocycles. The fourth-order valence-corrected chi connectivity index (χ4v) is 2.98. The molecule has 0 saturated heterocycles. The lowest BCUT2D eigenvalue weighted by molar-refractivity contribution is 0.383. The normalized spacial score (nSPS) is 11.1. The van der Waals surface area contributed by atoms with Gasteiger partial charge in [0.05, 0.1) is 16.8 Å². The van der Waals surface area contributed by atoms with Gasteiger partial charge in [0.25, 0.3) is 0 Å². The molecule has 0 unspecified atom stereocenters. The van der Waals surface area contributed by atoms with Gasteiger partial charge in [-0.2, -0.15) is 0 Å². The Balaban J connectivity index is 1.97. The zero-order chi connectivity index (χ0) is 16.7. The molecule has 24 heavy (non-hydrogen) atoms. The van der Waals surface area contributed by atoms with E-state index in [-0.39, 0.29) is 5.15 Å². The summed E-state index contributed by atoms with van der Waals surface area (Å²) in [5.74, 6) is -0.276. The first kappa shape index (κ1) is 15.1. The van der Waals surface area contributed by atoms with E-state index in [2.05, 4.69) is 26.1 Å². The molecule has 118 valence electrons. The Morgan fingerprint density at radius 1 is 1.08 bits per heavy atom. The summed E-state index contributed by atoms with van der Waals surface area (Å²) in [6.07, 6.45) is 0. The average molecular weight is 403 g/mol. The number of hydrogen-bond acceptors (Lipinski definition) is 4. The number of halogens is 2. The van der Waals surface area contributed by atoms with Gasteiger partial charge in [-0.05, 0) is 36.4 Å². The van der Waals surface area contributed by atoms with E-state index in [0.29, 0.717) is 17.1 Å². The minimum absolute atomic E-state index is 0.257. The lowest BCUT2D eigenvalue weighted by atomic mass is 10.1. The number of para-hydroxylation sites is 1. The van der Waals surface area contributed by atoms with Crippen LogP contribution in [0.15, 0.2) is 68.4 Å². The van der Waals surface area contributed by atoms with E-state index in [0.717, 1.165) is 15.4 Å². The molecular weight excluding hydrogens is 394 g/mol. The molecule has 2 heterocycles. The molecule has 0 spiro atoms. The number of pyridine rings is 1. The second kappa shape index (κ2) is 5.89. The van der Waals surface area contributed by atoms with Gasteiger partial charge in [-0.1, -0.05) is 50.9 Å². The van der Waals surface area contributed by atoms with Crippen LogP contribution in [-0.2, 0) is 0 Å². The molecule has 2 aromatic heterocycles. The van der Waals surface area contributed by atoms with E-state index in [4.69, 9.17) is 16.1 Å². The van der Waals surface area contributed by atoms with Gasteiger partial charge in [-0.3, -0.25) is 4.52 Å². The molecule has 4 aromatic rings. The zero-order valence-corrected chi connectivity index (χ0v) is 14.5. The molecule has 7 heteroatoms. The van der Waals surface area contributed by atoms with E-state index >= 15 is 0 Å². The van der Waals surface area contributed by atoms with Gasteiger partial charge >= 0.3 is 5.76 Å². The maximum absolute atomic E-state index is 12.1. The summed E-state index contributed by atoms with van der Waals surface area (Å²) in [4.78, 5) is 16.5. The van der Waals surface area contributed by atoms with Crippen LogP contribution in [0.1, 0.15) is 0 Å². The first-order valence-electron chi connectivity index (χ1n) is 7.04. The highest BCUT2D eigenvalue weighted by Crippen LogP contribution is 2.29. The quantitative estimate of drug-likeness (QED) is 0.465. The van der Waals surface area contributed by atoms with E-state index in [1.807, 2.05) is 42.5 Å². The van der Waals surface area contributed by atoms with Crippen molar-refractivity contribution in [2.24, 2.45) is 0 Å². The van der Waals surface area contributed by atoms with Gasteiger partial charge in [-0.15, -0.1) is 0 Å². The van der Waals surface area contributed by atoms with Gasteiger partial charge in [0.15, 0.2) is 5.82 Å². The Hall–Kier alpha value is -2.44. The predicted molar refractivity (Wildman–Crippen MR) is 95.5 cm³/mol. The molecule has 0 saturated carbocycles. The van der Waals surface area contributed by atoms with Crippen molar-refractivity contribution < 1.29 is 4.52 Å². The molecule has 0 fully saturated rings. The third-order valence-electron chi connectivity index (χ3n) is 3.61. The summed E-state index contributed by atoms with van der Waals surface area (Å²) in [6.45, 7) is 0. The van der Waals surface area contributed by atoms with E-state index in [1.54, 1.807) is 12.1 Å². The molecule has 0 aliphatic rings. The zero-order valence-electron chi connectivity index (χ0n) is 12.1. The molecule has 0 radical (unpaired) electrons. The fourth-order valence-electron chi connectivity index (χ4n) is 2.49. The van der Waals surface area contributed by atoms with Crippen LogP contribution in [0.2, 0.25) is 5.15 Å². The lowest BCUT2D eigenvalue weighted by Crippen LogP contribution is -2.13. The van der Waals surface area contributed by atoms with Crippen molar-refractivity contribution in [3.05, 3.63) is 74.8 Å². The van der Waals surface area contributed by atoms with Gasteiger partial charge in [0, 0.05) is 9.86 Å². The molecule has 0 bridgehead atoms. The van der Waals surface area contributed by atoms with E-state index < -0.39 is 5.76 Å². The summed E-state index contributed by atoms with van der Waals surface area (Å²) < 4.78 is 7.13. The SMILES string of the molecule is O=c1onc(-c2cc3ccccc3nc2Cl)n1-c1ccc(Br)cc1. The predicted octanol–water partition coefficient (Wildman–Crippen LogP) is 4.46. The summed E-state index contributed by atoms with van der Waals surface area (Å²) in [5, 5.41) is 5.05. The summed E-state index contributed by atoms with van der Waals surface area (Å²) in [6, 6.07) is 16.7. The summed E-state index contributed by atoms with van der Waals surface area (Å²) in [7, 11) is 0. The molecule has 0 atom stereocenters. The molecule has 5 nitrogen and oxygen atoms in total. The second-order valence-corrected chi connectivity index (χ2v) is 6.38. The van der Waals surface area contributed by atoms with Crippen molar-refractivity contribution in [1.29, 1.82) is 0 Å². The molecule has 0 amide bonds. The number of aromatic nitrogens is 3. The van der Waals surface area contributed by atoms with Crippen molar-refractivity contribution in [2.75, 3.05) is 0 Å². The summed E-state index contributed by atoms with van der Waals surface area (Å²) >= 11 is 9.69. The average Bonchev–Trinajstić information content (AvgIpc) is 2.96. The Kier molecular flexibility index (Phi) is 3.70. The minimum atomic E-state index is -0.587. The van der Waals surface area contributed by atoms with Crippen molar-refractivity contribution >= 4 is 38.4 Å². The van der Waals surface area contributed by atoms with Crippen LogP contribution in [0.25, 0.3) is 28.0 Å². The third-order valence-corrected chi connectivity index (χ3v) is 4.42. The Labute approximate surface area is 149 Å². The molecule has 4 rings (SSSR count). The highest BCUT2D eigenvalue weighted by molar-refractivity contribution is 9.10. The number of hydrogen-bond donors (Lipinski definition) is 0. The van der Waals surface area contributed by atoms with Crippen molar-refractivity contribution in [1.82, 2.24) is 14.7 Å².